The molecule has 0 spiro atoms. The average molecular weight is 581 g/mol. The van der Waals surface area contributed by atoms with Gasteiger partial charge in [0.05, 0.1) is 43.7 Å². The number of allylic oxidation sites excluding steroid dienone is 1. The number of benzene rings is 2. The first-order valence-corrected chi connectivity index (χ1v) is 13.9. The zero-order valence-corrected chi connectivity index (χ0v) is 24.6. The lowest BCUT2D eigenvalue weighted by Crippen LogP contribution is -2.40. The average Bonchev–Trinajstić information content (AvgIpc) is 3.26. The third-order valence-corrected chi connectivity index (χ3v) is 7.35. The summed E-state index contributed by atoms with van der Waals surface area (Å²) in [7, 11) is 4.54. The Balaban J connectivity index is 2.00. The highest BCUT2D eigenvalue weighted by molar-refractivity contribution is 7.07. The number of ether oxygens (including phenoxy) is 5. The zero-order chi connectivity index (χ0) is 29.7. The number of rotatable bonds is 10. The molecule has 0 N–H and O–H groups in total. The predicted octanol–water partition coefficient (Wildman–Crippen LogP) is 3.53. The van der Waals surface area contributed by atoms with Crippen LogP contribution in [0.5, 0.6) is 23.0 Å². The monoisotopic (exact) mass is 580 g/mol. The van der Waals surface area contributed by atoms with E-state index in [9.17, 15) is 14.4 Å². The molecule has 0 aliphatic carbocycles. The summed E-state index contributed by atoms with van der Waals surface area (Å²) in [5.74, 6) is 0.616. The molecule has 0 radical (unpaired) electrons. The minimum absolute atomic E-state index is 0.166. The summed E-state index contributed by atoms with van der Waals surface area (Å²) in [5.41, 5.74) is 1.71. The van der Waals surface area contributed by atoms with Gasteiger partial charge in [-0.1, -0.05) is 30.7 Å². The third kappa shape index (κ3) is 6.04. The molecule has 0 fully saturated rings. The molecule has 2 aromatic carbocycles. The quantitative estimate of drug-likeness (QED) is 0.264. The van der Waals surface area contributed by atoms with Crippen LogP contribution < -0.4 is 33.8 Å². The lowest BCUT2D eigenvalue weighted by molar-refractivity contribution is -0.139. The van der Waals surface area contributed by atoms with Gasteiger partial charge in [0.15, 0.2) is 16.3 Å². The van der Waals surface area contributed by atoms with Crippen LogP contribution in [-0.4, -0.2) is 44.4 Å². The molecule has 4 rings (SSSR count). The van der Waals surface area contributed by atoms with E-state index >= 15 is 0 Å². The van der Waals surface area contributed by atoms with Crippen LogP contribution in [0.15, 0.2) is 57.5 Å². The Labute approximate surface area is 241 Å². The van der Waals surface area contributed by atoms with Crippen molar-refractivity contribution in [3.63, 3.8) is 0 Å². The molecular formula is C30H32N2O8S. The van der Waals surface area contributed by atoms with Gasteiger partial charge in [0.1, 0.15) is 17.5 Å². The highest BCUT2D eigenvalue weighted by Crippen LogP contribution is 2.38. The van der Waals surface area contributed by atoms with Gasteiger partial charge in [-0.25, -0.2) is 9.79 Å². The smallest absolute Gasteiger partial charge is 0.338 e. The SMILES string of the molecule is CCCC1=C(C(=O)OCC)[C@H](c2cc(OC)ccc2OC)n2c(s/c(=C\c3ccc(OC(C)=O)c(OC)c3)c2=O)=N1. The van der Waals surface area contributed by atoms with Gasteiger partial charge >= 0.3 is 11.9 Å². The number of fused-ring (bicyclic) bond motifs is 1. The van der Waals surface area contributed by atoms with Crippen molar-refractivity contribution in [3.8, 4) is 23.0 Å². The highest BCUT2D eigenvalue weighted by Gasteiger charge is 2.36. The molecule has 2 heterocycles. The Morgan fingerprint density at radius 2 is 1.73 bits per heavy atom. The van der Waals surface area contributed by atoms with Crippen molar-refractivity contribution in [1.29, 1.82) is 0 Å². The maximum atomic E-state index is 14.0. The zero-order valence-electron chi connectivity index (χ0n) is 23.8. The number of esters is 2. The Hall–Kier alpha value is -4.38. The van der Waals surface area contributed by atoms with E-state index in [0.29, 0.717) is 49.8 Å². The first kappa shape index (κ1) is 29.6. The fraction of sp³-hybridized carbons (Fsp3) is 0.333. The minimum Gasteiger partial charge on any atom is -0.497 e. The van der Waals surface area contributed by atoms with Gasteiger partial charge < -0.3 is 23.7 Å². The molecule has 10 nitrogen and oxygen atoms in total. The summed E-state index contributed by atoms with van der Waals surface area (Å²) in [4.78, 5) is 44.2. The maximum Gasteiger partial charge on any atom is 0.338 e. The molecular weight excluding hydrogens is 548 g/mol. The molecule has 11 heteroatoms. The van der Waals surface area contributed by atoms with E-state index in [-0.39, 0.29) is 23.5 Å². The molecule has 0 amide bonds. The van der Waals surface area contributed by atoms with E-state index in [1.165, 1.54) is 37.0 Å². The van der Waals surface area contributed by atoms with E-state index in [4.69, 9.17) is 28.7 Å². The Morgan fingerprint density at radius 1 is 1.00 bits per heavy atom. The number of carbonyl (C=O) groups is 2. The second-order valence-electron chi connectivity index (χ2n) is 9.03. The van der Waals surface area contributed by atoms with Gasteiger partial charge in [-0.3, -0.25) is 14.2 Å². The van der Waals surface area contributed by atoms with Crippen LogP contribution in [0.25, 0.3) is 6.08 Å². The van der Waals surface area contributed by atoms with Crippen LogP contribution in [0.2, 0.25) is 0 Å². The number of thiazole rings is 1. The van der Waals surface area contributed by atoms with Crippen molar-refractivity contribution >= 4 is 29.4 Å². The van der Waals surface area contributed by atoms with E-state index < -0.39 is 18.0 Å². The van der Waals surface area contributed by atoms with Gasteiger partial charge in [-0.05, 0) is 55.3 Å². The van der Waals surface area contributed by atoms with Gasteiger partial charge in [0.25, 0.3) is 5.56 Å². The number of hydrogen-bond donors (Lipinski definition) is 0. The second-order valence-corrected chi connectivity index (χ2v) is 10.0. The van der Waals surface area contributed by atoms with E-state index in [0.717, 1.165) is 6.42 Å². The molecule has 0 saturated carbocycles. The number of methoxy groups -OCH3 is 3. The van der Waals surface area contributed by atoms with Crippen LogP contribution in [-0.2, 0) is 14.3 Å². The van der Waals surface area contributed by atoms with Crippen LogP contribution in [0.4, 0.5) is 0 Å². The Morgan fingerprint density at radius 3 is 2.37 bits per heavy atom. The summed E-state index contributed by atoms with van der Waals surface area (Å²) >= 11 is 1.21. The predicted molar refractivity (Wildman–Crippen MR) is 153 cm³/mol. The summed E-state index contributed by atoms with van der Waals surface area (Å²) in [5, 5.41) is 0. The van der Waals surface area contributed by atoms with E-state index in [1.54, 1.807) is 56.5 Å². The molecule has 0 bridgehead atoms. The second kappa shape index (κ2) is 12.9. The molecule has 216 valence electrons. The van der Waals surface area contributed by atoms with Crippen LogP contribution in [0, 0.1) is 0 Å². The number of aromatic nitrogens is 1. The Kier molecular flexibility index (Phi) is 9.28. The molecule has 41 heavy (non-hydrogen) atoms. The van der Waals surface area contributed by atoms with Gasteiger partial charge in [-0.2, -0.15) is 0 Å². The fourth-order valence-electron chi connectivity index (χ4n) is 4.63. The first-order valence-electron chi connectivity index (χ1n) is 13.1. The van der Waals surface area contributed by atoms with Crippen molar-refractivity contribution in [3.05, 3.63) is 78.5 Å². The normalized spacial score (nSPS) is 14.7. The molecule has 1 atom stereocenters. The molecule has 1 aromatic heterocycles. The highest BCUT2D eigenvalue weighted by atomic mass is 32.1. The van der Waals surface area contributed by atoms with Crippen molar-refractivity contribution in [2.45, 2.75) is 39.7 Å². The van der Waals surface area contributed by atoms with Gasteiger partial charge in [-0.15, -0.1) is 0 Å². The van der Waals surface area contributed by atoms with E-state index in [2.05, 4.69) is 0 Å². The molecule has 0 unspecified atom stereocenters. The summed E-state index contributed by atoms with van der Waals surface area (Å²) in [6, 6.07) is 9.38. The van der Waals surface area contributed by atoms with Gasteiger partial charge in [0.2, 0.25) is 0 Å². The topological polar surface area (TPSA) is 115 Å². The molecule has 1 aliphatic rings. The number of hydrogen-bond acceptors (Lipinski definition) is 10. The number of carbonyl (C=O) groups excluding carboxylic acids is 2. The fourth-order valence-corrected chi connectivity index (χ4v) is 5.65. The largest absolute Gasteiger partial charge is 0.497 e. The first-order chi connectivity index (χ1) is 19.8. The third-order valence-electron chi connectivity index (χ3n) is 6.36. The lowest BCUT2D eigenvalue weighted by atomic mass is 9.93. The van der Waals surface area contributed by atoms with Crippen molar-refractivity contribution < 1.29 is 33.3 Å². The van der Waals surface area contributed by atoms with Crippen molar-refractivity contribution in [1.82, 2.24) is 4.57 Å². The molecule has 3 aromatic rings. The Bertz CT molecular complexity index is 1690. The van der Waals surface area contributed by atoms with Crippen LogP contribution in [0.3, 0.4) is 0 Å². The summed E-state index contributed by atoms with van der Waals surface area (Å²) < 4.78 is 29.1. The summed E-state index contributed by atoms with van der Waals surface area (Å²) in [6.07, 6.45) is 2.95. The minimum atomic E-state index is -0.861. The summed E-state index contributed by atoms with van der Waals surface area (Å²) in [6.45, 7) is 5.20. The van der Waals surface area contributed by atoms with Crippen molar-refractivity contribution in [2.24, 2.45) is 4.99 Å². The van der Waals surface area contributed by atoms with Crippen LogP contribution >= 0.6 is 11.3 Å². The standard InChI is InChI=1S/C30H32N2O8S/c1-7-9-21-26(29(35)39-8-2)27(20-16-19(36-4)11-13-22(20)37-5)32-28(34)25(41-30(32)31-21)15-18-10-12-23(40-17(3)33)24(14-18)38-6/h10-16,27H,7-9H2,1-6H3/b25-15-/t27-/m0/s1. The van der Waals surface area contributed by atoms with Crippen molar-refractivity contribution in [2.75, 3.05) is 27.9 Å². The number of nitrogens with zero attached hydrogens (tertiary/aromatic N) is 2. The molecule has 0 saturated heterocycles. The molecule has 1 aliphatic heterocycles. The van der Waals surface area contributed by atoms with Gasteiger partial charge in [0, 0.05) is 12.5 Å². The lowest BCUT2D eigenvalue weighted by Gasteiger charge is -2.27. The van der Waals surface area contributed by atoms with E-state index in [1.807, 2.05) is 6.92 Å². The van der Waals surface area contributed by atoms with Crippen LogP contribution in [0.1, 0.15) is 50.8 Å². The maximum absolute atomic E-state index is 14.0.